The molecule has 1 saturated heterocycles. The van der Waals surface area contributed by atoms with Gasteiger partial charge >= 0.3 is 5.97 Å². The van der Waals surface area contributed by atoms with E-state index in [0.717, 1.165) is 85.5 Å². The molecule has 0 saturated carbocycles. The Morgan fingerprint density at radius 1 is 1.10 bits per heavy atom. The van der Waals surface area contributed by atoms with Crippen LogP contribution >= 0.6 is 0 Å². The summed E-state index contributed by atoms with van der Waals surface area (Å²) < 4.78 is 4.97. The zero-order chi connectivity index (χ0) is 29.2. The van der Waals surface area contributed by atoms with E-state index in [1.807, 2.05) is 19.1 Å². The van der Waals surface area contributed by atoms with Crippen molar-refractivity contribution in [2.75, 3.05) is 7.11 Å². The Balaban J connectivity index is 1.60. The van der Waals surface area contributed by atoms with Crippen LogP contribution < -0.4 is 5.32 Å². The average molecular weight is 551 g/mol. The molecule has 0 radical (unpaired) electrons. The summed E-state index contributed by atoms with van der Waals surface area (Å²) in [5.41, 5.74) is 14.3. The summed E-state index contributed by atoms with van der Waals surface area (Å²) in [5, 5.41) is 14.9. The second-order valence-corrected chi connectivity index (χ2v) is 11.3. The van der Waals surface area contributed by atoms with E-state index in [9.17, 15) is 9.90 Å². The Kier molecular flexibility index (Phi) is 6.56. The zero-order valence-electron chi connectivity index (χ0n) is 24.6. The number of methoxy groups -OCH3 is 1. The van der Waals surface area contributed by atoms with E-state index in [2.05, 4.69) is 51.7 Å². The molecule has 1 aliphatic carbocycles. The van der Waals surface area contributed by atoms with Crippen molar-refractivity contribution in [1.82, 2.24) is 5.32 Å². The van der Waals surface area contributed by atoms with Crippen molar-refractivity contribution >= 4 is 23.1 Å². The van der Waals surface area contributed by atoms with Gasteiger partial charge in [0, 0.05) is 52.8 Å². The number of esters is 1. The van der Waals surface area contributed by atoms with Gasteiger partial charge in [0.1, 0.15) is 5.76 Å². The minimum atomic E-state index is -0.231. The third-order valence-corrected chi connectivity index (χ3v) is 9.19. The molecule has 6 rings (SSSR count). The fraction of sp³-hybridized carbons (Fsp3) is 0.353. The standard InChI is InChI=1S/C34H36N4O3/c1-8-20-16(3)24-13-26-18(5)22(10-11-31(40)41-7)33(37-26)23-12-30(39)32-19(6)27(38-34(23)32)15-29-21(9-2)17(4)25(36-29)14-28(20)35-24/h8,13-15,18,22,37,39H,1,9-12H2,2-7H3/t18-,22-/m0/s1/i39+2. The smallest absolute Gasteiger partial charge is 0.305 e. The summed E-state index contributed by atoms with van der Waals surface area (Å²) in [6.45, 7) is 14.6. The van der Waals surface area contributed by atoms with Gasteiger partial charge in [-0.2, -0.15) is 0 Å². The first-order chi connectivity index (χ1) is 19.7. The van der Waals surface area contributed by atoms with Crippen molar-refractivity contribution in [3.63, 3.8) is 0 Å². The van der Waals surface area contributed by atoms with Crippen LogP contribution in [0.15, 0.2) is 119 Å². The van der Waals surface area contributed by atoms with Gasteiger partial charge in [0.15, 0.2) is 0 Å². The highest BCUT2D eigenvalue weighted by atomic mass is 18.2. The van der Waals surface area contributed by atoms with Crippen LogP contribution in [-0.4, -0.2) is 35.3 Å². The van der Waals surface area contributed by atoms with Gasteiger partial charge in [-0.3, -0.25) is 4.79 Å². The van der Waals surface area contributed by atoms with E-state index < -0.39 is 0 Å². The molecule has 0 amide bonds. The minimum absolute atomic E-state index is 0.0302. The van der Waals surface area contributed by atoms with Crippen LogP contribution in [0.2, 0.25) is 0 Å². The van der Waals surface area contributed by atoms with Crippen molar-refractivity contribution in [3.8, 4) is 0 Å². The summed E-state index contributed by atoms with van der Waals surface area (Å²) >= 11 is 0. The molecule has 0 unspecified atom stereocenters. The number of aliphatic hydroxyl groups excluding tert-OH is 1. The number of hydrogen-bond donors (Lipinski definition) is 2. The Bertz CT molecular complexity index is 1680. The van der Waals surface area contributed by atoms with Gasteiger partial charge in [-0.25, -0.2) is 15.0 Å². The van der Waals surface area contributed by atoms with Crippen LogP contribution in [-0.2, 0) is 9.53 Å². The summed E-state index contributed by atoms with van der Waals surface area (Å²) in [6, 6.07) is 0. The number of nitrogens with zero attached hydrogens (tertiary/aromatic N) is 3. The maximum Gasteiger partial charge on any atom is 0.305 e. The number of rotatable bonds is 5. The maximum atomic E-state index is 12.2. The molecule has 210 valence electrons. The van der Waals surface area contributed by atoms with E-state index >= 15 is 0 Å². The lowest BCUT2D eigenvalue weighted by molar-refractivity contribution is -0.140. The largest absolute Gasteiger partial charge is 0.511 e. The SMILES string of the molecule is C=CC1=C(C)C2=NC1=CC1=NC(=CC3=C(C)C4=C([18OH])CC(=C5NC(=C2)[C@@H](C)[C@@H]5CCC(=O)OC)C4=N3)C(CC)=C1C. The molecule has 2 atom stereocenters. The van der Waals surface area contributed by atoms with Gasteiger partial charge in [-0.15, -0.1) is 0 Å². The van der Waals surface area contributed by atoms with Crippen LogP contribution in [0.5, 0.6) is 0 Å². The second kappa shape index (κ2) is 9.98. The number of hydrogen-bond acceptors (Lipinski definition) is 7. The van der Waals surface area contributed by atoms with Crippen molar-refractivity contribution in [3.05, 3.63) is 104 Å². The minimum Gasteiger partial charge on any atom is -0.511 e. The Hall–Kier alpha value is -4.26. The van der Waals surface area contributed by atoms with Crippen molar-refractivity contribution in [2.24, 2.45) is 26.8 Å². The molecular formula is C34H36N4O3. The summed E-state index contributed by atoms with van der Waals surface area (Å²) in [5.74, 6) is 0.223. The molecule has 1 fully saturated rings. The summed E-state index contributed by atoms with van der Waals surface area (Å²) in [4.78, 5) is 27.4. The Labute approximate surface area is 241 Å². The van der Waals surface area contributed by atoms with Crippen molar-refractivity contribution < 1.29 is 14.6 Å². The topological polar surface area (TPSA) is 95.6 Å². The molecule has 6 aliphatic rings. The number of allylic oxidation sites excluding steroid dienone is 12. The normalized spacial score (nSPS) is 24.9. The molecule has 0 aromatic heterocycles. The van der Waals surface area contributed by atoms with Gasteiger partial charge in [0.05, 0.1) is 41.3 Å². The fourth-order valence-electron chi connectivity index (χ4n) is 6.76. The molecule has 0 spiro atoms. The average Bonchev–Trinajstić information content (AvgIpc) is 3.70. The molecule has 0 aromatic carbocycles. The number of carbonyl (C=O) groups excluding carboxylic acids is 1. The molecule has 41 heavy (non-hydrogen) atoms. The fourth-order valence-corrected chi connectivity index (χ4v) is 6.76. The summed E-state index contributed by atoms with van der Waals surface area (Å²) in [6.07, 6.45) is 10.3. The highest BCUT2D eigenvalue weighted by molar-refractivity contribution is 6.21. The molecule has 7 heteroatoms. The number of aliphatic imine (C=N–C) groups is 3. The Morgan fingerprint density at radius 3 is 2.54 bits per heavy atom. The van der Waals surface area contributed by atoms with E-state index in [4.69, 9.17) is 19.7 Å². The van der Waals surface area contributed by atoms with E-state index in [-0.39, 0.29) is 17.8 Å². The van der Waals surface area contributed by atoms with Gasteiger partial charge in [0.2, 0.25) is 0 Å². The lowest BCUT2D eigenvalue weighted by Gasteiger charge is -2.17. The van der Waals surface area contributed by atoms with Crippen LogP contribution in [0.3, 0.4) is 0 Å². The van der Waals surface area contributed by atoms with Gasteiger partial charge in [-0.05, 0) is 74.1 Å². The Morgan fingerprint density at radius 2 is 1.83 bits per heavy atom. The predicted octanol–water partition coefficient (Wildman–Crippen LogP) is 6.80. The number of nitrogens with one attached hydrogen (secondary N) is 1. The quantitative estimate of drug-likeness (QED) is 0.291. The first-order valence-electron chi connectivity index (χ1n) is 14.3. The third-order valence-electron chi connectivity index (χ3n) is 9.19. The lowest BCUT2D eigenvalue weighted by Crippen LogP contribution is -2.16. The maximum absolute atomic E-state index is 12.2. The highest BCUT2D eigenvalue weighted by Gasteiger charge is 2.41. The van der Waals surface area contributed by atoms with E-state index in [1.165, 1.54) is 12.7 Å². The first-order valence-corrected chi connectivity index (χ1v) is 14.3. The van der Waals surface area contributed by atoms with Gasteiger partial charge < -0.3 is 15.2 Å². The molecule has 8 bridgehead atoms. The number of carbonyl (C=O) groups is 1. The molecule has 5 heterocycles. The first kappa shape index (κ1) is 26.9. The van der Waals surface area contributed by atoms with E-state index in [0.29, 0.717) is 25.0 Å². The molecule has 2 N–H and O–H groups in total. The van der Waals surface area contributed by atoms with Crippen LogP contribution in [0.25, 0.3) is 0 Å². The van der Waals surface area contributed by atoms with Crippen molar-refractivity contribution in [2.45, 2.75) is 60.3 Å². The third kappa shape index (κ3) is 4.17. The number of aliphatic hydroxyl groups is 1. The van der Waals surface area contributed by atoms with Gasteiger partial charge in [-0.1, -0.05) is 26.5 Å². The molecule has 5 aliphatic heterocycles. The van der Waals surface area contributed by atoms with Crippen LogP contribution in [0.4, 0.5) is 0 Å². The van der Waals surface area contributed by atoms with E-state index in [1.54, 1.807) is 0 Å². The second-order valence-electron chi connectivity index (χ2n) is 11.3. The predicted molar refractivity (Wildman–Crippen MR) is 163 cm³/mol. The summed E-state index contributed by atoms with van der Waals surface area (Å²) in [7, 11) is 1.42. The van der Waals surface area contributed by atoms with Crippen molar-refractivity contribution in [1.29, 1.82) is 0 Å². The highest BCUT2D eigenvalue weighted by Crippen LogP contribution is 2.46. The van der Waals surface area contributed by atoms with Gasteiger partial charge in [0.25, 0.3) is 0 Å². The number of fused-ring (bicyclic) bond motifs is 5. The van der Waals surface area contributed by atoms with Crippen LogP contribution in [0.1, 0.15) is 60.3 Å². The molecule has 7 nitrogen and oxygen atoms in total. The lowest BCUT2D eigenvalue weighted by atomic mass is 9.86. The number of ether oxygens (including phenoxy) is 1. The monoisotopic (exact) mass is 550 g/mol. The molecule has 0 aromatic rings. The van der Waals surface area contributed by atoms with Crippen LogP contribution in [0, 0.1) is 11.8 Å². The molecular weight excluding hydrogens is 514 g/mol. The zero-order valence-corrected chi connectivity index (χ0v) is 24.6.